The average molecular weight is 348 g/mol. The van der Waals surface area contributed by atoms with Crippen LogP contribution in [0.4, 0.5) is 11.4 Å². The molecule has 2 aromatic carbocycles. The van der Waals surface area contributed by atoms with Crippen LogP contribution in [-0.4, -0.2) is 29.3 Å². The average Bonchev–Trinajstić information content (AvgIpc) is 2.54. The van der Waals surface area contributed by atoms with Crippen molar-refractivity contribution in [3.63, 3.8) is 0 Å². The number of nitro groups is 1. The Labute approximate surface area is 145 Å². The maximum absolute atomic E-state index is 11.0. The molecule has 0 unspecified atom stereocenters. The number of anilines is 1. The zero-order chi connectivity index (χ0) is 17.5. The maximum atomic E-state index is 11.0. The first-order valence-electron chi connectivity index (χ1n) is 7.44. The van der Waals surface area contributed by atoms with Crippen molar-refractivity contribution in [1.82, 2.24) is 0 Å². The molecule has 126 valence electrons. The molecule has 0 aliphatic heterocycles. The summed E-state index contributed by atoms with van der Waals surface area (Å²) in [5.74, 6) is 0.194. The van der Waals surface area contributed by atoms with Crippen LogP contribution in [0.25, 0.3) is 0 Å². The number of rotatable bonds is 7. The van der Waals surface area contributed by atoms with Gasteiger partial charge in [-0.05, 0) is 37.6 Å². The van der Waals surface area contributed by atoms with Crippen LogP contribution in [0.2, 0.25) is 5.02 Å². The number of benzene rings is 2. The van der Waals surface area contributed by atoms with E-state index in [2.05, 4.69) is 10.3 Å². The van der Waals surface area contributed by atoms with E-state index in [1.807, 2.05) is 19.1 Å². The van der Waals surface area contributed by atoms with Gasteiger partial charge in [-0.1, -0.05) is 23.2 Å². The van der Waals surface area contributed by atoms with Crippen molar-refractivity contribution >= 4 is 29.2 Å². The number of nitrogens with zero attached hydrogens (tertiary/aromatic N) is 2. The van der Waals surface area contributed by atoms with Crippen LogP contribution in [0.5, 0.6) is 5.75 Å². The maximum Gasteiger partial charge on any atom is 0.293 e. The minimum Gasteiger partial charge on any atom is -0.507 e. The van der Waals surface area contributed by atoms with Gasteiger partial charge in [0.2, 0.25) is 0 Å². The highest BCUT2D eigenvalue weighted by molar-refractivity contribution is 6.30. The van der Waals surface area contributed by atoms with Crippen molar-refractivity contribution in [2.24, 2.45) is 4.99 Å². The fraction of sp³-hybridized carbons (Fsp3) is 0.235. The Morgan fingerprint density at radius 3 is 2.88 bits per heavy atom. The molecule has 0 saturated heterocycles. The molecule has 2 rings (SSSR count). The minimum absolute atomic E-state index is 0.0457. The first kappa shape index (κ1) is 17.7. The Kier molecular flexibility index (Phi) is 6.14. The van der Waals surface area contributed by atoms with Crippen molar-refractivity contribution in [2.75, 3.05) is 18.4 Å². The number of nitrogens with one attached hydrogen (secondary N) is 1. The zero-order valence-electron chi connectivity index (χ0n) is 13.2. The van der Waals surface area contributed by atoms with E-state index in [4.69, 9.17) is 11.6 Å². The third-order valence-electron chi connectivity index (χ3n) is 3.35. The first-order valence-corrected chi connectivity index (χ1v) is 7.82. The standard InChI is InChI=1S/C17H18ClN3O3/c1-12-3-6-17(22)13(9-12)11-19-7-2-8-20-15-5-4-14(18)10-16(15)21(23)24/h3-6,9-11,20,22H,2,7-8H2,1H3. The first-order chi connectivity index (χ1) is 11.5. The number of phenolic OH excluding ortho intramolecular Hbond substituents is 1. The van der Waals surface area contributed by atoms with E-state index in [-0.39, 0.29) is 11.4 Å². The number of nitro benzene ring substituents is 1. The summed E-state index contributed by atoms with van der Waals surface area (Å²) in [5, 5.41) is 24.0. The van der Waals surface area contributed by atoms with Gasteiger partial charge >= 0.3 is 0 Å². The summed E-state index contributed by atoms with van der Waals surface area (Å²) in [5.41, 5.74) is 2.11. The van der Waals surface area contributed by atoms with E-state index in [9.17, 15) is 15.2 Å². The summed E-state index contributed by atoms with van der Waals surface area (Å²) in [6.45, 7) is 3.03. The monoisotopic (exact) mass is 347 g/mol. The third kappa shape index (κ3) is 4.96. The van der Waals surface area contributed by atoms with E-state index in [0.717, 1.165) is 5.56 Å². The van der Waals surface area contributed by atoms with Gasteiger partial charge in [0.15, 0.2) is 0 Å². The molecule has 2 aromatic rings. The molecular weight excluding hydrogens is 330 g/mol. The lowest BCUT2D eigenvalue weighted by Crippen LogP contribution is -2.05. The van der Waals surface area contributed by atoms with Gasteiger partial charge in [-0.25, -0.2) is 0 Å². The molecule has 0 atom stereocenters. The van der Waals surface area contributed by atoms with Crippen molar-refractivity contribution in [1.29, 1.82) is 0 Å². The number of phenols is 1. The van der Waals surface area contributed by atoms with Gasteiger partial charge in [-0.15, -0.1) is 0 Å². The number of hydrogen-bond donors (Lipinski definition) is 2. The lowest BCUT2D eigenvalue weighted by Gasteiger charge is -2.06. The lowest BCUT2D eigenvalue weighted by atomic mass is 10.1. The van der Waals surface area contributed by atoms with Gasteiger partial charge in [0.1, 0.15) is 11.4 Å². The fourth-order valence-corrected chi connectivity index (χ4v) is 2.31. The van der Waals surface area contributed by atoms with Crippen molar-refractivity contribution in [3.8, 4) is 5.75 Å². The molecule has 24 heavy (non-hydrogen) atoms. The van der Waals surface area contributed by atoms with Crippen LogP contribution in [0.1, 0.15) is 17.5 Å². The summed E-state index contributed by atoms with van der Waals surface area (Å²) < 4.78 is 0. The topological polar surface area (TPSA) is 87.8 Å². The molecule has 0 saturated carbocycles. The second kappa shape index (κ2) is 8.31. The molecule has 0 radical (unpaired) electrons. The highest BCUT2D eigenvalue weighted by atomic mass is 35.5. The smallest absolute Gasteiger partial charge is 0.293 e. The number of aryl methyl sites for hydroxylation is 1. The number of aliphatic imine (C=N–C) groups is 1. The molecule has 0 aliphatic carbocycles. The minimum atomic E-state index is -0.465. The van der Waals surface area contributed by atoms with E-state index in [0.29, 0.717) is 35.8 Å². The Bertz CT molecular complexity index is 763. The van der Waals surface area contributed by atoms with Crippen LogP contribution < -0.4 is 5.32 Å². The molecule has 0 heterocycles. The molecular formula is C17H18ClN3O3. The van der Waals surface area contributed by atoms with Crippen LogP contribution in [0.15, 0.2) is 41.4 Å². The molecule has 7 heteroatoms. The number of aromatic hydroxyl groups is 1. The second-order valence-electron chi connectivity index (χ2n) is 5.30. The predicted molar refractivity (Wildman–Crippen MR) is 96.5 cm³/mol. The molecule has 0 aromatic heterocycles. The van der Waals surface area contributed by atoms with Gasteiger partial charge in [0.05, 0.1) is 4.92 Å². The van der Waals surface area contributed by atoms with Crippen molar-refractivity contribution in [3.05, 3.63) is 62.7 Å². The van der Waals surface area contributed by atoms with Gasteiger partial charge in [0, 0.05) is 36.0 Å². The Morgan fingerprint density at radius 2 is 2.12 bits per heavy atom. The van der Waals surface area contributed by atoms with Crippen LogP contribution in [0.3, 0.4) is 0 Å². The summed E-state index contributed by atoms with van der Waals surface area (Å²) in [4.78, 5) is 14.8. The van der Waals surface area contributed by atoms with Crippen molar-refractivity contribution in [2.45, 2.75) is 13.3 Å². The van der Waals surface area contributed by atoms with E-state index in [1.54, 1.807) is 24.4 Å². The highest BCUT2D eigenvalue weighted by Crippen LogP contribution is 2.27. The highest BCUT2D eigenvalue weighted by Gasteiger charge is 2.13. The van der Waals surface area contributed by atoms with E-state index in [1.165, 1.54) is 6.07 Å². The van der Waals surface area contributed by atoms with Crippen LogP contribution >= 0.6 is 11.6 Å². The molecule has 0 amide bonds. The van der Waals surface area contributed by atoms with Gasteiger partial charge < -0.3 is 10.4 Å². The molecule has 0 bridgehead atoms. The second-order valence-corrected chi connectivity index (χ2v) is 5.73. The summed E-state index contributed by atoms with van der Waals surface area (Å²) in [6, 6.07) is 9.84. The van der Waals surface area contributed by atoms with Gasteiger partial charge in [-0.2, -0.15) is 0 Å². The molecule has 2 N–H and O–H groups in total. The normalized spacial score (nSPS) is 10.9. The largest absolute Gasteiger partial charge is 0.507 e. The third-order valence-corrected chi connectivity index (χ3v) is 3.58. The summed E-state index contributed by atoms with van der Waals surface area (Å²) in [6.07, 6.45) is 2.33. The Morgan fingerprint density at radius 1 is 1.33 bits per heavy atom. The van der Waals surface area contributed by atoms with Crippen LogP contribution in [-0.2, 0) is 0 Å². The Balaban J connectivity index is 1.84. The fourth-order valence-electron chi connectivity index (χ4n) is 2.14. The summed E-state index contributed by atoms with van der Waals surface area (Å²) in [7, 11) is 0. The number of hydrogen-bond acceptors (Lipinski definition) is 5. The Hall–Kier alpha value is -2.60. The van der Waals surface area contributed by atoms with Crippen LogP contribution in [0, 0.1) is 17.0 Å². The predicted octanol–water partition coefficient (Wildman–Crippen LogP) is 4.18. The molecule has 0 aliphatic rings. The van der Waals surface area contributed by atoms with E-state index >= 15 is 0 Å². The van der Waals surface area contributed by atoms with E-state index < -0.39 is 4.92 Å². The molecule has 0 spiro atoms. The SMILES string of the molecule is Cc1ccc(O)c(C=NCCCNc2ccc(Cl)cc2[N+](=O)[O-])c1. The van der Waals surface area contributed by atoms with Gasteiger partial charge in [-0.3, -0.25) is 15.1 Å². The molecule has 0 fully saturated rings. The zero-order valence-corrected chi connectivity index (χ0v) is 14.0. The van der Waals surface area contributed by atoms with Gasteiger partial charge in [0.25, 0.3) is 5.69 Å². The number of halogens is 1. The quantitative estimate of drug-likeness (QED) is 0.340. The molecule has 6 nitrogen and oxygen atoms in total. The lowest BCUT2D eigenvalue weighted by molar-refractivity contribution is -0.383. The van der Waals surface area contributed by atoms with Crippen molar-refractivity contribution < 1.29 is 10.0 Å². The summed E-state index contributed by atoms with van der Waals surface area (Å²) >= 11 is 5.77.